The quantitative estimate of drug-likeness (QED) is 0.239. The second-order valence-corrected chi connectivity index (χ2v) is 9.04. The number of nitrogens with zero attached hydrogens (tertiary/aromatic N) is 1. The zero-order valence-corrected chi connectivity index (χ0v) is 21.5. The molecule has 1 amide bonds. The van der Waals surface area contributed by atoms with E-state index in [2.05, 4.69) is 0 Å². The highest BCUT2D eigenvalue weighted by molar-refractivity contribution is 6.51. The molecule has 1 fully saturated rings. The summed E-state index contributed by atoms with van der Waals surface area (Å²) < 4.78 is 22.2. The van der Waals surface area contributed by atoms with Gasteiger partial charge in [-0.2, -0.15) is 0 Å². The Kier molecular flexibility index (Phi) is 6.96. The SMILES string of the molecule is CCCOc1ccc(/C(O)=C2\C(=O)C(=O)N(c3ccc4c(c3)OCO4)C2c2ccc(OCC)cc2)cc1C. The lowest BCUT2D eigenvalue weighted by Gasteiger charge is -2.26. The molecule has 0 bridgehead atoms. The van der Waals surface area contributed by atoms with E-state index < -0.39 is 17.7 Å². The van der Waals surface area contributed by atoms with Gasteiger partial charge in [0.05, 0.1) is 24.8 Å². The summed E-state index contributed by atoms with van der Waals surface area (Å²) in [6, 6.07) is 16.5. The highest BCUT2D eigenvalue weighted by Crippen LogP contribution is 2.45. The number of hydrogen-bond acceptors (Lipinski definition) is 7. The predicted octanol–water partition coefficient (Wildman–Crippen LogP) is 5.54. The number of carbonyl (C=O) groups is 2. The molecule has 0 aliphatic carbocycles. The maximum atomic E-state index is 13.5. The number of benzene rings is 3. The molecule has 3 aromatic rings. The second kappa shape index (κ2) is 10.5. The summed E-state index contributed by atoms with van der Waals surface area (Å²) in [5.41, 5.74) is 2.33. The van der Waals surface area contributed by atoms with Crippen LogP contribution in [0.4, 0.5) is 5.69 Å². The summed E-state index contributed by atoms with van der Waals surface area (Å²) in [6.45, 7) is 6.95. The van der Waals surface area contributed by atoms with Crippen LogP contribution in [0.1, 0.15) is 43.0 Å². The number of Topliss-reactive ketones (excluding diaryl/α,β-unsaturated/α-hetero) is 1. The molecule has 3 aromatic carbocycles. The number of aliphatic hydroxyl groups is 1. The van der Waals surface area contributed by atoms with Crippen LogP contribution in [0.15, 0.2) is 66.2 Å². The highest BCUT2D eigenvalue weighted by atomic mass is 16.7. The van der Waals surface area contributed by atoms with Crippen LogP contribution in [0.5, 0.6) is 23.0 Å². The Balaban J connectivity index is 1.63. The molecule has 0 spiro atoms. The van der Waals surface area contributed by atoms with Crippen molar-refractivity contribution in [3.05, 3.63) is 82.9 Å². The third-order valence-electron chi connectivity index (χ3n) is 6.50. The largest absolute Gasteiger partial charge is 0.507 e. The summed E-state index contributed by atoms with van der Waals surface area (Å²) in [5, 5.41) is 11.5. The van der Waals surface area contributed by atoms with E-state index in [-0.39, 0.29) is 18.1 Å². The maximum absolute atomic E-state index is 13.5. The van der Waals surface area contributed by atoms with Crippen LogP contribution in [0, 0.1) is 6.92 Å². The number of fused-ring (bicyclic) bond motifs is 1. The molecule has 0 aromatic heterocycles. The number of anilines is 1. The minimum Gasteiger partial charge on any atom is -0.507 e. The van der Waals surface area contributed by atoms with Crippen molar-refractivity contribution in [3.63, 3.8) is 0 Å². The first-order valence-corrected chi connectivity index (χ1v) is 12.6. The number of aliphatic hydroxyl groups excluding tert-OH is 1. The molecule has 2 aliphatic heterocycles. The first-order valence-electron chi connectivity index (χ1n) is 12.6. The molecule has 1 saturated heterocycles. The molecule has 196 valence electrons. The van der Waals surface area contributed by atoms with Crippen LogP contribution >= 0.6 is 0 Å². The fourth-order valence-electron chi connectivity index (χ4n) is 4.69. The van der Waals surface area contributed by atoms with E-state index in [1.54, 1.807) is 60.7 Å². The Morgan fingerprint density at radius 2 is 1.74 bits per heavy atom. The van der Waals surface area contributed by atoms with Gasteiger partial charge >= 0.3 is 0 Å². The van der Waals surface area contributed by atoms with E-state index in [0.717, 1.165) is 12.0 Å². The van der Waals surface area contributed by atoms with E-state index in [9.17, 15) is 14.7 Å². The lowest BCUT2D eigenvalue weighted by Crippen LogP contribution is -2.29. The van der Waals surface area contributed by atoms with Crippen molar-refractivity contribution in [2.24, 2.45) is 0 Å². The van der Waals surface area contributed by atoms with Gasteiger partial charge in [-0.25, -0.2) is 0 Å². The molecular formula is C30H29NO7. The molecule has 8 heteroatoms. The number of aryl methyl sites for hydroxylation is 1. The lowest BCUT2D eigenvalue weighted by atomic mass is 9.94. The van der Waals surface area contributed by atoms with E-state index in [1.807, 2.05) is 20.8 Å². The van der Waals surface area contributed by atoms with Crippen LogP contribution in [0.2, 0.25) is 0 Å². The Bertz CT molecular complexity index is 1410. The van der Waals surface area contributed by atoms with Crippen molar-refractivity contribution in [3.8, 4) is 23.0 Å². The Labute approximate surface area is 221 Å². The van der Waals surface area contributed by atoms with Crippen molar-refractivity contribution in [2.45, 2.75) is 33.2 Å². The van der Waals surface area contributed by atoms with Gasteiger partial charge in [0.1, 0.15) is 17.3 Å². The van der Waals surface area contributed by atoms with Crippen molar-refractivity contribution >= 4 is 23.1 Å². The Hall–Kier alpha value is -4.46. The first kappa shape index (κ1) is 25.2. The molecule has 1 atom stereocenters. The summed E-state index contributed by atoms with van der Waals surface area (Å²) in [7, 11) is 0. The lowest BCUT2D eigenvalue weighted by molar-refractivity contribution is -0.132. The Morgan fingerprint density at radius 3 is 2.45 bits per heavy atom. The highest BCUT2D eigenvalue weighted by Gasteiger charge is 2.47. The van der Waals surface area contributed by atoms with Gasteiger partial charge in [0.25, 0.3) is 11.7 Å². The number of ketones is 1. The summed E-state index contributed by atoms with van der Waals surface area (Å²) in [4.78, 5) is 28.3. The van der Waals surface area contributed by atoms with Gasteiger partial charge in [-0.05, 0) is 73.9 Å². The van der Waals surface area contributed by atoms with Crippen LogP contribution in [0.3, 0.4) is 0 Å². The molecule has 38 heavy (non-hydrogen) atoms. The minimum atomic E-state index is -0.873. The average molecular weight is 516 g/mol. The Morgan fingerprint density at radius 1 is 0.974 bits per heavy atom. The van der Waals surface area contributed by atoms with Gasteiger partial charge in [-0.1, -0.05) is 19.1 Å². The third-order valence-corrected chi connectivity index (χ3v) is 6.50. The molecule has 1 N–H and O–H groups in total. The van der Waals surface area contributed by atoms with E-state index in [0.29, 0.717) is 53.0 Å². The van der Waals surface area contributed by atoms with E-state index in [4.69, 9.17) is 18.9 Å². The van der Waals surface area contributed by atoms with Gasteiger partial charge in [-0.15, -0.1) is 0 Å². The smallest absolute Gasteiger partial charge is 0.300 e. The molecule has 1 unspecified atom stereocenters. The first-order chi connectivity index (χ1) is 18.4. The standard InChI is InChI=1S/C30H29NO7/c1-4-14-36-23-12-8-20(15-18(23)3)28(32)26-27(19-6-10-22(11-7-19)35-5-2)31(30(34)29(26)33)21-9-13-24-25(16-21)38-17-37-24/h6-13,15-16,27,32H,4-5,14,17H2,1-3H3/b28-26+. The van der Waals surface area contributed by atoms with Crippen LogP contribution < -0.4 is 23.8 Å². The summed E-state index contributed by atoms with van der Waals surface area (Å²) >= 11 is 0. The van der Waals surface area contributed by atoms with Crippen LogP contribution in [-0.4, -0.2) is 36.8 Å². The van der Waals surface area contributed by atoms with Gasteiger partial charge < -0.3 is 24.1 Å². The van der Waals surface area contributed by atoms with Crippen molar-refractivity contribution in [2.75, 3.05) is 24.9 Å². The zero-order chi connectivity index (χ0) is 26.8. The number of carbonyl (C=O) groups excluding carboxylic acids is 2. The van der Waals surface area contributed by atoms with Gasteiger partial charge in [-0.3, -0.25) is 14.5 Å². The summed E-state index contributed by atoms with van der Waals surface area (Å²) in [5.74, 6) is 0.626. The van der Waals surface area contributed by atoms with Crippen LogP contribution in [-0.2, 0) is 9.59 Å². The maximum Gasteiger partial charge on any atom is 0.300 e. The topological polar surface area (TPSA) is 94.5 Å². The fourth-order valence-corrected chi connectivity index (χ4v) is 4.69. The zero-order valence-electron chi connectivity index (χ0n) is 21.5. The molecule has 2 aliphatic rings. The van der Waals surface area contributed by atoms with Crippen molar-refractivity contribution in [1.82, 2.24) is 0 Å². The molecule has 0 radical (unpaired) electrons. The predicted molar refractivity (Wildman–Crippen MR) is 142 cm³/mol. The minimum absolute atomic E-state index is 0.00143. The van der Waals surface area contributed by atoms with Crippen molar-refractivity contribution < 1.29 is 33.6 Å². The molecule has 0 saturated carbocycles. The third kappa shape index (κ3) is 4.53. The van der Waals surface area contributed by atoms with Gasteiger partial charge in [0.2, 0.25) is 6.79 Å². The molecular weight excluding hydrogens is 486 g/mol. The average Bonchev–Trinajstić information content (AvgIpc) is 3.50. The second-order valence-electron chi connectivity index (χ2n) is 9.04. The normalized spacial score (nSPS) is 17.7. The summed E-state index contributed by atoms with van der Waals surface area (Å²) in [6.07, 6.45) is 0.868. The van der Waals surface area contributed by atoms with Crippen LogP contribution in [0.25, 0.3) is 5.76 Å². The molecule has 2 heterocycles. The fraction of sp³-hybridized carbons (Fsp3) is 0.267. The van der Waals surface area contributed by atoms with Gasteiger partial charge in [0, 0.05) is 17.3 Å². The molecule has 8 nitrogen and oxygen atoms in total. The van der Waals surface area contributed by atoms with E-state index in [1.165, 1.54) is 4.90 Å². The number of rotatable bonds is 8. The number of hydrogen-bond donors (Lipinski definition) is 1. The molecule has 5 rings (SSSR count). The van der Waals surface area contributed by atoms with Crippen molar-refractivity contribution in [1.29, 1.82) is 0 Å². The van der Waals surface area contributed by atoms with E-state index >= 15 is 0 Å². The number of amides is 1. The number of ether oxygens (including phenoxy) is 4. The monoisotopic (exact) mass is 515 g/mol. The van der Waals surface area contributed by atoms with Gasteiger partial charge in [0.15, 0.2) is 11.5 Å².